The van der Waals surface area contributed by atoms with Gasteiger partial charge in [-0.15, -0.1) is 0 Å². The zero-order valence-corrected chi connectivity index (χ0v) is 10.9. The first-order valence-corrected chi connectivity index (χ1v) is 7.23. The summed E-state index contributed by atoms with van der Waals surface area (Å²) in [5.41, 5.74) is 0.501. The van der Waals surface area contributed by atoms with Crippen molar-refractivity contribution in [2.75, 3.05) is 17.2 Å². The van der Waals surface area contributed by atoms with Gasteiger partial charge in [0.05, 0.1) is 23.8 Å². The van der Waals surface area contributed by atoms with Gasteiger partial charge in [0.15, 0.2) is 0 Å². The van der Waals surface area contributed by atoms with Gasteiger partial charge in [0, 0.05) is 18.9 Å². The minimum Gasteiger partial charge on any atom is -0.309 e. The number of rotatable bonds is 3. The molecule has 1 aliphatic heterocycles. The molecule has 9 heteroatoms. The van der Waals surface area contributed by atoms with Crippen molar-refractivity contribution in [3.05, 3.63) is 17.7 Å². The van der Waals surface area contributed by atoms with Crippen LogP contribution in [0.5, 0.6) is 0 Å². The molecule has 18 heavy (non-hydrogen) atoms. The van der Waals surface area contributed by atoms with Gasteiger partial charge in [0.1, 0.15) is 0 Å². The van der Waals surface area contributed by atoms with Crippen LogP contribution in [0.2, 0.25) is 5.28 Å². The first kappa shape index (κ1) is 13.2. The van der Waals surface area contributed by atoms with E-state index in [9.17, 15) is 13.2 Å². The van der Waals surface area contributed by atoms with E-state index in [1.807, 2.05) is 0 Å². The number of nitrogens with two attached hydrogens (primary N) is 1. The number of anilines is 1. The Morgan fingerprint density at radius 3 is 2.61 bits per heavy atom. The van der Waals surface area contributed by atoms with Crippen LogP contribution in [-0.4, -0.2) is 36.6 Å². The van der Waals surface area contributed by atoms with Crippen molar-refractivity contribution in [3.63, 3.8) is 0 Å². The van der Waals surface area contributed by atoms with Crippen LogP contribution < -0.4 is 10.0 Å². The second kappa shape index (κ2) is 4.79. The number of primary sulfonamides is 1. The van der Waals surface area contributed by atoms with Crippen LogP contribution in [0.1, 0.15) is 6.42 Å². The summed E-state index contributed by atoms with van der Waals surface area (Å²) in [6.45, 7) is 0.292. The molecular formula is C9H11ClN4O3S. The summed E-state index contributed by atoms with van der Waals surface area (Å²) < 4.78 is 22.0. The summed E-state index contributed by atoms with van der Waals surface area (Å²) >= 11 is 5.55. The maximum Gasteiger partial charge on any atom is 0.227 e. The molecule has 0 spiro atoms. The number of sulfonamides is 1. The molecule has 2 heterocycles. The fraction of sp³-hybridized carbons (Fsp3) is 0.444. The number of hydrogen-bond donors (Lipinski definition) is 1. The minimum atomic E-state index is -3.57. The molecule has 0 saturated carbocycles. The monoisotopic (exact) mass is 290 g/mol. The molecule has 98 valence electrons. The van der Waals surface area contributed by atoms with Crippen molar-refractivity contribution in [1.82, 2.24) is 9.97 Å². The Bertz CT molecular complexity index is 560. The molecular weight excluding hydrogens is 280 g/mol. The number of carbonyl (C=O) groups is 1. The lowest BCUT2D eigenvalue weighted by molar-refractivity contribution is -0.117. The van der Waals surface area contributed by atoms with E-state index >= 15 is 0 Å². The van der Waals surface area contributed by atoms with E-state index in [-0.39, 0.29) is 29.3 Å². The lowest BCUT2D eigenvalue weighted by Gasteiger charge is -2.15. The molecule has 2 N–H and O–H groups in total. The second-order valence-electron chi connectivity index (χ2n) is 4.11. The lowest BCUT2D eigenvalue weighted by Crippen LogP contribution is -2.27. The fourth-order valence-electron chi connectivity index (χ4n) is 1.92. The van der Waals surface area contributed by atoms with Gasteiger partial charge in [-0.25, -0.2) is 23.5 Å². The highest BCUT2D eigenvalue weighted by Gasteiger charge is 2.33. The zero-order valence-electron chi connectivity index (χ0n) is 9.28. The molecule has 7 nitrogen and oxygen atoms in total. The van der Waals surface area contributed by atoms with Crippen LogP contribution in [0.3, 0.4) is 0 Å². The van der Waals surface area contributed by atoms with E-state index in [1.54, 1.807) is 0 Å². The third-order valence-corrected chi connectivity index (χ3v) is 3.72. The number of amides is 1. The van der Waals surface area contributed by atoms with Gasteiger partial charge in [0.25, 0.3) is 0 Å². The fourth-order valence-corrected chi connectivity index (χ4v) is 2.89. The molecule has 0 aliphatic carbocycles. The van der Waals surface area contributed by atoms with Gasteiger partial charge in [0.2, 0.25) is 21.2 Å². The van der Waals surface area contributed by atoms with Crippen molar-refractivity contribution in [2.45, 2.75) is 6.42 Å². The smallest absolute Gasteiger partial charge is 0.227 e. The molecule has 1 fully saturated rings. The summed E-state index contributed by atoms with van der Waals surface area (Å²) in [6.07, 6.45) is 3.00. The molecule has 2 rings (SSSR count). The SMILES string of the molecule is NS(=O)(=O)CC1CC(=O)N(c2cnc(Cl)nc2)C1. The molecule has 0 radical (unpaired) electrons. The predicted octanol–water partition coefficient (Wildman–Crippen LogP) is -0.229. The highest BCUT2D eigenvalue weighted by atomic mass is 35.5. The number of aromatic nitrogens is 2. The molecule has 1 unspecified atom stereocenters. The number of carbonyl (C=O) groups excluding carboxylic acids is 1. The van der Waals surface area contributed by atoms with Crippen LogP contribution in [-0.2, 0) is 14.8 Å². The van der Waals surface area contributed by atoms with Crippen molar-refractivity contribution in [3.8, 4) is 0 Å². The van der Waals surface area contributed by atoms with E-state index in [1.165, 1.54) is 17.3 Å². The van der Waals surface area contributed by atoms with Crippen LogP contribution in [0.4, 0.5) is 5.69 Å². The quantitative estimate of drug-likeness (QED) is 0.774. The van der Waals surface area contributed by atoms with Crippen molar-refractivity contribution in [1.29, 1.82) is 0 Å². The maximum absolute atomic E-state index is 11.8. The Kier molecular flexibility index (Phi) is 3.51. The van der Waals surface area contributed by atoms with Gasteiger partial charge < -0.3 is 4.90 Å². The predicted molar refractivity (Wildman–Crippen MR) is 65.5 cm³/mol. The normalized spacial score (nSPS) is 20.4. The van der Waals surface area contributed by atoms with Gasteiger partial charge in [-0.3, -0.25) is 4.79 Å². The average Bonchev–Trinajstić information content (AvgIpc) is 2.58. The topological polar surface area (TPSA) is 106 Å². The van der Waals surface area contributed by atoms with E-state index < -0.39 is 10.0 Å². The molecule has 1 saturated heterocycles. The molecule has 1 atom stereocenters. The van der Waals surface area contributed by atoms with Gasteiger partial charge in [-0.2, -0.15) is 0 Å². The Balaban J connectivity index is 2.12. The molecule has 0 aromatic carbocycles. The number of halogens is 1. The van der Waals surface area contributed by atoms with E-state index in [2.05, 4.69) is 9.97 Å². The zero-order chi connectivity index (χ0) is 13.3. The van der Waals surface area contributed by atoms with Crippen LogP contribution in [0.25, 0.3) is 0 Å². The standard InChI is InChI=1S/C9H11ClN4O3S/c10-9-12-2-7(3-13-9)14-4-6(1-8(14)15)5-18(11,16)17/h2-3,6H,1,4-5H2,(H2,11,16,17). The Morgan fingerprint density at radius 1 is 1.44 bits per heavy atom. The Morgan fingerprint density at radius 2 is 2.06 bits per heavy atom. The third kappa shape index (κ3) is 3.15. The summed E-state index contributed by atoms with van der Waals surface area (Å²) in [5, 5.41) is 5.05. The molecule has 1 aromatic rings. The van der Waals surface area contributed by atoms with E-state index in [0.29, 0.717) is 12.2 Å². The first-order chi connectivity index (χ1) is 8.35. The highest BCUT2D eigenvalue weighted by Crippen LogP contribution is 2.24. The van der Waals surface area contributed by atoms with Crippen molar-refractivity contribution < 1.29 is 13.2 Å². The average molecular weight is 291 g/mol. The largest absolute Gasteiger partial charge is 0.309 e. The van der Waals surface area contributed by atoms with E-state index in [4.69, 9.17) is 16.7 Å². The lowest BCUT2D eigenvalue weighted by atomic mass is 10.1. The Hall–Kier alpha value is -1.25. The second-order valence-corrected chi connectivity index (χ2v) is 6.11. The van der Waals surface area contributed by atoms with Gasteiger partial charge in [-0.1, -0.05) is 0 Å². The first-order valence-electron chi connectivity index (χ1n) is 5.13. The minimum absolute atomic E-state index is 0.0893. The third-order valence-electron chi connectivity index (χ3n) is 2.59. The van der Waals surface area contributed by atoms with Gasteiger partial charge in [-0.05, 0) is 11.6 Å². The summed E-state index contributed by atoms with van der Waals surface area (Å²) in [6, 6.07) is 0. The van der Waals surface area contributed by atoms with Crippen LogP contribution >= 0.6 is 11.6 Å². The van der Waals surface area contributed by atoms with Crippen molar-refractivity contribution >= 4 is 33.2 Å². The number of nitrogens with zero attached hydrogens (tertiary/aromatic N) is 3. The summed E-state index contributed by atoms with van der Waals surface area (Å²) in [5.74, 6) is -0.679. The van der Waals surface area contributed by atoms with Crippen LogP contribution in [0, 0.1) is 5.92 Å². The molecule has 1 aromatic heterocycles. The number of hydrogen-bond acceptors (Lipinski definition) is 5. The van der Waals surface area contributed by atoms with E-state index in [0.717, 1.165) is 0 Å². The molecule has 0 bridgehead atoms. The maximum atomic E-state index is 11.8. The highest BCUT2D eigenvalue weighted by molar-refractivity contribution is 7.89. The van der Waals surface area contributed by atoms with Gasteiger partial charge >= 0.3 is 0 Å². The Labute approximate surface area is 109 Å². The molecule has 1 amide bonds. The summed E-state index contributed by atoms with van der Waals surface area (Å²) in [4.78, 5) is 20.7. The van der Waals surface area contributed by atoms with Crippen LogP contribution in [0.15, 0.2) is 12.4 Å². The van der Waals surface area contributed by atoms with Crippen molar-refractivity contribution in [2.24, 2.45) is 11.1 Å². The summed E-state index contributed by atoms with van der Waals surface area (Å²) in [7, 11) is -3.57. The molecule has 1 aliphatic rings.